The van der Waals surface area contributed by atoms with Gasteiger partial charge < -0.3 is 38.1 Å². The van der Waals surface area contributed by atoms with Crippen LogP contribution >= 0.6 is 0 Å². The first-order chi connectivity index (χ1) is 23.1. The minimum Gasteiger partial charge on any atom is -0.496 e. The van der Waals surface area contributed by atoms with Gasteiger partial charge in [0, 0.05) is 49.1 Å². The molecule has 2 aromatic carbocycles. The molecule has 0 aromatic heterocycles. The second-order valence-corrected chi connectivity index (χ2v) is 13.8. The molecule has 1 aliphatic rings. The molecule has 2 N–H and O–H groups in total. The summed E-state index contributed by atoms with van der Waals surface area (Å²) in [4.78, 5) is 1.62. The lowest BCUT2D eigenvalue weighted by atomic mass is 9.86. The van der Waals surface area contributed by atoms with Crippen LogP contribution in [-0.2, 0) is 29.7 Å². The molecule has 15 nitrogen and oxygen atoms in total. The van der Waals surface area contributed by atoms with Crippen molar-refractivity contribution in [3.8, 4) is 28.7 Å². The topological polar surface area (TPSA) is 180 Å². The zero-order valence-corrected chi connectivity index (χ0v) is 30.5. The average molecular weight is 728 g/mol. The van der Waals surface area contributed by atoms with E-state index in [0.29, 0.717) is 73.9 Å². The van der Waals surface area contributed by atoms with Gasteiger partial charge in [0.25, 0.3) is 20.2 Å². The van der Waals surface area contributed by atoms with Crippen LogP contribution in [-0.4, -0.2) is 125 Å². The zero-order chi connectivity index (χ0) is 36.7. The Bertz CT molecular complexity index is 1820. The highest BCUT2D eigenvalue weighted by Gasteiger charge is 2.34. The van der Waals surface area contributed by atoms with Crippen molar-refractivity contribution < 1.29 is 63.7 Å². The molecule has 0 saturated carbocycles. The number of methoxy groups -OCH3 is 7. The molecule has 0 radical (unpaired) electrons. The first-order valence-electron chi connectivity index (χ1n) is 14.6. The summed E-state index contributed by atoms with van der Waals surface area (Å²) >= 11 is 0. The molecule has 0 aliphatic heterocycles. The van der Waals surface area contributed by atoms with E-state index in [-0.39, 0.29) is 13.1 Å². The zero-order valence-electron chi connectivity index (χ0n) is 28.9. The monoisotopic (exact) mass is 727 g/mol. The highest BCUT2D eigenvalue weighted by molar-refractivity contribution is 7.86. The van der Waals surface area contributed by atoms with Crippen LogP contribution in [0.4, 0.5) is 5.69 Å². The summed E-state index contributed by atoms with van der Waals surface area (Å²) in [5.74, 6) is 1.28. The van der Waals surface area contributed by atoms with E-state index >= 15 is 0 Å². The van der Waals surface area contributed by atoms with Gasteiger partial charge in [-0.15, -0.1) is 0 Å². The Morgan fingerprint density at radius 1 is 0.673 bits per heavy atom. The Hall–Kier alpha value is -4.45. The van der Waals surface area contributed by atoms with Crippen LogP contribution in [0.3, 0.4) is 0 Å². The lowest BCUT2D eigenvalue weighted by molar-refractivity contribution is -0.490. The molecule has 3 rings (SSSR count). The van der Waals surface area contributed by atoms with Gasteiger partial charge in [-0.25, -0.2) is 4.58 Å². The van der Waals surface area contributed by atoms with Gasteiger partial charge in [-0.3, -0.25) is 9.11 Å². The third kappa shape index (κ3) is 9.38. The Balaban J connectivity index is 2.56. The molecular formula is C32H43N2O13S2+. The lowest BCUT2D eigenvalue weighted by Crippen LogP contribution is -2.25. The van der Waals surface area contributed by atoms with Crippen LogP contribution in [0.25, 0.3) is 5.57 Å². The summed E-state index contributed by atoms with van der Waals surface area (Å²) in [5.41, 5.74) is 2.69. The van der Waals surface area contributed by atoms with Crippen LogP contribution in [0.1, 0.15) is 11.1 Å². The molecule has 0 heterocycles. The summed E-state index contributed by atoms with van der Waals surface area (Å²) in [6.45, 7) is -0.0647. The molecule has 0 atom stereocenters. The number of allylic oxidation sites excluding steroid dienone is 2. The maximum Gasteiger partial charge on any atom is 0.271 e. The summed E-state index contributed by atoms with van der Waals surface area (Å²) < 4.78 is 107. The van der Waals surface area contributed by atoms with Crippen LogP contribution < -0.4 is 28.6 Å². The summed E-state index contributed by atoms with van der Waals surface area (Å²) in [6, 6.07) is 6.71. The van der Waals surface area contributed by atoms with Crippen LogP contribution in [0.15, 0.2) is 53.5 Å². The van der Waals surface area contributed by atoms with Gasteiger partial charge >= 0.3 is 0 Å². The quantitative estimate of drug-likeness (QED) is 0.190. The highest BCUT2D eigenvalue weighted by Crippen LogP contribution is 2.51. The Kier molecular flexibility index (Phi) is 13.0. The fourth-order valence-corrected chi connectivity index (χ4v) is 6.13. The van der Waals surface area contributed by atoms with E-state index in [1.54, 1.807) is 60.0 Å². The van der Waals surface area contributed by atoms with Gasteiger partial charge in [0.15, 0.2) is 6.54 Å². The van der Waals surface area contributed by atoms with Gasteiger partial charge in [0.2, 0.25) is 5.71 Å². The molecule has 0 amide bonds. The van der Waals surface area contributed by atoms with Crippen molar-refractivity contribution in [2.75, 3.05) is 93.4 Å². The molecule has 49 heavy (non-hydrogen) atoms. The summed E-state index contributed by atoms with van der Waals surface area (Å²) in [6.07, 6.45) is 3.36. The molecule has 0 spiro atoms. The number of hydrogen-bond acceptors (Lipinski definition) is 12. The molecule has 1 aliphatic carbocycles. The number of ether oxygens (including phenoxy) is 7. The minimum atomic E-state index is -4.23. The van der Waals surface area contributed by atoms with E-state index < -0.39 is 31.7 Å². The van der Waals surface area contributed by atoms with E-state index in [0.717, 1.165) is 0 Å². The van der Waals surface area contributed by atoms with Crippen molar-refractivity contribution in [2.45, 2.75) is 0 Å². The van der Waals surface area contributed by atoms with E-state index in [2.05, 4.69) is 0 Å². The van der Waals surface area contributed by atoms with Crippen molar-refractivity contribution in [3.63, 3.8) is 0 Å². The second kappa shape index (κ2) is 16.3. The summed E-state index contributed by atoms with van der Waals surface area (Å²) in [7, 11) is 5.17. The van der Waals surface area contributed by atoms with Crippen LogP contribution in [0.2, 0.25) is 0 Å². The predicted molar refractivity (Wildman–Crippen MR) is 184 cm³/mol. The number of rotatable bonds is 16. The van der Waals surface area contributed by atoms with E-state index in [9.17, 15) is 25.9 Å². The third-order valence-electron chi connectivity index (χ3n) is 7.70. The van der Waals surface area contributed by atoms with E-state index in [1.165, 1.54) is 49.8 Å². The van der Waals surface area contributed by atoms with Crippen molar-refractivity contribution in [2.24, 2.45) is 0 Å². The number of anilines is 1. The Labute approximate surface area is 287 Å². The fourth-order valence-electron chi connectivity index (χ4n) is 5.12. The van der Waals surface area contributed by atoms with Crippen molar-refractivity contribution in [1.82, 2.24) is 0 Å². The van der Waals surface area contributed by atoms with Gasteiger partial charge in [-0.1, -0.05) is 0 Å². The number of benzene rings is 2. The molecule has 0 saturated heterocycles. The molecule has 2 aromatic rings. The van der Waals surface area contributed by atoms with Gasteiger partial charge in [-0.05, 0) is 0 Å². The largest absolute Gasteiger partial charge is 0.496 e. The molecule has 270 valence electrons. The Morgan fingerprint density at radius 2 is 1.10 bits per heavy atom. The average Bonchev–Trinajstić information content (AvgIpc) is 3.08. The van der Waals surface area contributed by atoms with Gasteiger partial charge in [0.05, 0.1) is 84.4 Å². The smallest absolute Gasteiger partial charge is 0.271 e. The molecule has 0 fully saturated rings. The number of hydrogen-bond donors (Lipinski definition) is 2. The van der Waals surface area contributed by atoms with E-state index in [4.69, 9.17) is 33.2 Å². The molecule has 0 bridgehead atoms. The Morgan fingerprint density at radius 3 is 1.47 bits per heavy atom. The maximum absolute atomic E-state index is 11.5. The molecular weight excluding hydrogens is 684 g/mol. The third-order valence-corrected chi connectivity index (χ3v) is 9.09. The fraction of sp³-hybridized carbons (Fsp3) is 0.406. The highest BCUT2D eigenvalue weighted by atomic mass is 32.2. The minimum absolute atomic E-state index is 0.0323. The predicted octanol–water partition coefficient (Wildman–Crippen LogP) is 2.90. The molecule has 17 heteroatoms. The van der Waals surface area contributed by atoms with Crippen molar-refractivity contribution >= 4 is 37.2 Å². The van der Waals surface area contributed by atoms with Crippen LogP contribution in [0.5, 0.6) is 28.7 Å². The summed E-state index contributed by atoms with van der Waals surface area (Å²) in [5, 5.41) is 0. The molecule has 0 unspecified atom stereocenters. The van der Waals surface area contributed by atoms with Crippen molar-refractivity contribution in [1.29, 1.82) is 0 Å². The SMILES string of the molecule is COC1=CC(=[N+](C)CCS(=O)(=O)O)C=C(OC)C1=C(c1c(OC)cc(OC)cc1OC)c1c(OC)cc(N(C)CCS(=O)(=O)O)cc1OC. The van der Waals surface area contributed by atoms with Crippen LogP contribution in [0, 0.1) is 0 Å². The lowest BCUT2D eigenvalue weighted by Gasteiger charge is -2.28. The maximum atomic E-state index is 11.5. The first-order valence-corrected chi connectivity index (χ1v) is 17.8. The number of nitrogens with zero attached hydrogens (tertiary/aromatic N) is 2. The normalized spacial score (nSPS) is 13.2. The van der Waals surface area contributed by atoms with E-state index in [1.807, 2.05) is 0 Å². The van der Waals surface area contributed by atoms with Crippen molar-refractivity contribution in [3.05, 3.63) is 64.6 Å². The second-order valence-electron chi connectivity index (χ2n) is 10.6. The van der Waals surface area contributed by atoms with Gasteiger partial charge in [-0.2, -0.15) is 16.8 Å². The standard InChI is InChI=1S/C32H42N2O13S2/c1-33(10-12-48(35,36)37)20-14-23(42-4)29(24(15-20)43-5)32(31-27(46-8)18-22(41-3)19-28(31)47-9)30-25(44-6)16-21(17-26(30)45-7)34(2)11-13-49(38,39)40/h14-19H,10-13H2,1-9H3,(H-,35,36,37,38,39,40)/p+1. The first kappa shape index (κ1) is 39.0. The van der Waals surface area contributed by atoms with Gasteiger partial charge in [0.1, 0.15) is 53.1 Å².